The van der Waals surface area contributed by atoms with Crippen molar-refractivity contribution in [2.24, 2.45) is 5.73 Å². The number of rotatable bonds is 9. The summed E-state index contributed by atoms with van der Waals surface area (Å²) in [5.74, 6) is -1.45. The minimum Gasteiger partial charge on any atom is -0.481 e. The van der Waals surface area contributed by atoms with Crippen molar-refractivity contribution in [1.29, 1.82) is 0 Å². The van der Waals surface area contributed by atoms with E-state index in [-0.39, 0.29) is 18.7 Å². The van der Waals surface area contributed by atoms with E-state index in [1.54, 1.807) is 32.4 Å². The number of carboxylic acids is 1. The topological polar surface area (TPSA) is 161 Å². The first kappa shape index (κ1) is 26.6. The highest BCUT2D eigenvalue weighted by atomic mass is 32.1. The van der Waals surface area contributed by atoms with Crippen LogP contribution in [-0.4, -0.2) is 49.6 Å². The van der Waals surface area contributed by atoms with Crippen LogP contribution in [-0.2, 0) is 19.9 Å². The molecule has 0 atom stereocenters. The molecule has 3 heterocycles. The van der Waals surface area contributed by atoms with Crippen LogP contribution in [0.4, 0.5) is 9.93 Å². The molecule has 11 nitrogen and oxygen atoms in total. The second-order valence-corrected chi connectivity index (χ2v) is 9.82. The van der Waals surface area contributed by atoms with Crippen molar-refractivity contribution in [3.05, 3.63) is 54.7 Å². The fourth-order valence-electron chi connectivity index (χ4n) is 3.78. The third kappa shape index (κ3) is 5.75. The number of hydrogen-bond donors (Lipinski definition) is 2. The van der Waals surface area contributed by atoms with Gasteiger partial charge in [0.05, 0.1) is 28.8 Å². The van der Waals surface area contributed by atoms with Crippen LogP contribution in [0.25, 0.3) is 32.6 Å². The number of primary amides is 1. The first-order valence-corrected chi connectivity index (χ1v) is 12.6. The van der Waals surface area contributed by atoms with Crippen molar-refractivity contribution in [3.63, 3.8) is 0 Å². The Hall–Kier alpha value is -4.45. The van der Waals surface area contributed by atoms with Crippen LogP contribution in [0.1, 0.15) is 39.4 Å². The number of anilines is 1. The normalized spacial score (nSPS) is 11.3. The predicted octanol–water partition coefficient (Wildman–Crippen LogP) is 4.36. The van der Waals surface area contributed by atoms with Gasteiger partial charge in [0.1, 0.15) is 0 Å². The lowest BCUT2D eigenvalue weighted by atomic mass is 10.0. The van der Waals surface area contributed by atoms with Gasteiger partial charge in [-0.3, -0.25) is 19.5 Å². The molecule has 0 aliphatic rings. The summed E-state index contributed by atoms with van der Waals surface area (Å²) in [6.45, 7) is 5.49. The maximum absolute atomic E-state index is 12.0. The second-order valence-electron chi connectivity index (χ2n) is 8.84. The van der Waals surface area contributed by atoms with Gasteiger partial charge in [-0.2, -0.15) is 0 Å². The molecule has 38 heavy (non-hydrogen) atoms. The molecule has 0 spiro atoms. The van der Waals surface area contributed by atoms with Crippen molar-refractivity contribution in [2.75, 3.05) is 11.4 Å². The molecule has 0 saturated carbocycles. The van der Waals surface area contributed by atoms with Gasteiger partial charge in [0.15, 0.2) is 16.6 Å². The number of carbonyl (C=O) groups excluding carboxylic acids is 2. The van der Waals surface area contributed by atoms with E-state index in [1.165, 1.54) is 16.2 Å². The van der Waals surface area contributed by atoms with Crippen LogP contribution in [0.2, 0.25) is 0 Å². The number of fused-ring (bicyclic) bond motifs is 1. The molecule has 2 amide bonds. The summed E-state index contributed by atoms with van der Waals surface area (Å²) in [5.41, 5.74) is 8.10. The summed E-state index contributed by atoms with van der Waals surface area (Å²) in [6.07, 6.45) is 4.38. The molecule has 0 radical (unpaired) electrons. The summed E-state index contributed by atoms with van der Waals surface area (Å²) >= 11 is 1.36. The van der Waals surface area contributed by atoms with Crippen molar-refractivity contribution >= 4 is 44.7 Å². The fraction of sp³-hybridized carbons (Fsp3) is 0.269. The Morgan fingerprint density at radius 1 is 1.08 bits per heavy atom. The number of carboxylic acid groups (broad SMARTS) is 1. The van der Waals surface area contributed by atoms with Crippen molar-refractivity contribution in [1.82, 2.24) is 19.9 Å². The van der Waals surface area contributed by atoms with Crippen LogP contribution >= 0.6 is 11.3 Å². The monoisotopic (exact) mass is 534 g/mol. The Labute approximate surface area is 222 Å². The number of carbonyl (C=O) groups is 3. The molecule has 196 valence electrons. The molecule has 0 aliphatic carbocycles. The molecule has 4 rings (SSSR count). The number of ether oxygens (including phenoxy) is 1. The van der Waals surface area contributed by atoms with E-state index >= 15 is 0 Å². The summed E-state index contributed by atoms with van der Waals surface area (Å²) in [6, 6.07) is 8.88. The maximum Gasteiger partial charge on any atom is 0.321 e. The third-order valence-electron chi connectivity index (χ3n) is 5.67. The van der Waals surface area contributed by atoms with Crippen LogP contribution in [0.15, 0.2) is 48.9 Å². The molecular weight excluding hydrogens is 508 g/mol. The third-order valence-corrected chi connectivity index (χ3v) is 6.80. The minimum atomic E-state index is -1.15. The average Bonchev–Trinajstić information content (AvgIpc) is 3.31. The quantitative estimate of drug-likeness (QED) is 0.297. The Bertz CT molecular complexity index is 1490. The van der Waals surface area contributed by atoms with Gasteiger partial charge in [0.25, 0.3) is 0 Å². The van der Waals surface area contributed by atoms with E-state index in [2.05, 4.69) is 19.9 Å². The van der Waals surface area contributed by atoms with E-state index in [4.69, 9.17) is 15.6 Å². The molecule has 0 fully saturated rings. The average molecular weight is 535 g/mol. The number of aliphatic carboxylic acids is 1. The highest BCUT2D eigenvalue weighted by Crippen LogP contribution is 2.39. The van der Waals surface area contributed by atoms with Crippen LogP contribution in [0.5, 0.6) is 0 Å². The predicted molar refractivity (Wildman–Crippen MR) is 142 cm³/mol. The number of aromatic nitrogens is 4. The minimum absolute atomic E-state index is 0.242. The zero-order chi connectivity index (χ0) is 27.4. The van der Waals surface area contributed by atoms with Gasteiger partial charge in [-0.15, -0.1) is 0 Å². The number of hydrogen-bond acceptors (Lipinski definition) is 9. The number of esters is 1. The first-order chi connectivity index (χ1) is 18.1. The van der Waals surface area contributed by atoms with Crippen LogP contribution < -0.4 is 10.6 Å². The lowest BCUT2D eigenvalue weighted by Crippen LogP contribution is -2.35. The lowest BCUT2D eigenvalue weighted by molar-refractivity contribution is -0.160. The summed E-state index contributed by atoms with van der Waals surface area (Å²) < 4.78 is 6.28. The molecule has 12 heteroatoms. The molecule has 0 unspecified atom stereocenters. The first-order valence-electron chi connectivity index (χ1n) is 11.8. The smallest absolute Gasteiger partial charge is 0.321 e. The SMILES string of the molecule is CCN(C(N)=O)c1nc2cc(-c3cnc(C(C)(C)OC(=O)CCC(=O)O)nc3)cc(-c3ccccn3)c2s1. The molecule has 0 bridgehead atoms. The van der Waals surface area contributed by atoms with Crippen LogP contribution in [0, 0.1) is 0 Å². The van der Waals surface area contributed by atoms with E-state index < -0.39 is 23.6 Å². The van der Waals surface area contributed by atoms with Gasteiger partial charge >= 0.3 is 18.0 Å². The number of thiazole rings is 1. The Kier molecular flexibility index (Phi) is 7.62. The molecule has 3 aromatic heterocycles. The van der Waals surface area contributed by atoms with Crippen molar-refractivity contribution in [3.8, 4) is 22.4 Å². The lowest BCUT2D eigenvalue weighted by Gasteiger charge is -2.23. The maximum atomic E-state index is 12.0. The number of amides is 2. The van der Waals surface area contributed by atoms with Gasteiger partial charge in [0, 0.05) is 36.3 Å². The zero-order valence-electron chi connectivity index (χ0n) is 21.0. The van der Waals surface area contributed by atoms with E-state index in [9.17, 15) is 14.4 Å². The summed E-state index contributed by atoms with van der Waals surface area (Å²) in [4.78, 5) is 54.1. The van der Waals surface area contributed by atoms with Gasteiger partial charge in [0.2, 0.25) is 0 Å². The van der Waals surface area contributed by atoms with Gasteiger partial charge in [-0.25, -0.2) is 19.7 Å². The van der Waals surface area contributed by atoms with Crippen molar-refractivity contribution < 1.29 is 24.2 Å². The number of nitrogens with two attached hydrogens (primary N) is 1. The number of urea groups is 1. The van der Waals surface area contributed by atoms with E-state index in [0.29, 0.717) is 22.8 Å². The van der Waals surface area contributed by atoms with Gasteiger partial charge in [-0.05, 0) is 50.6 Å². The molecule has 1 aromatic carbocycles. The fourth-order valence-corrected chi connectivity index (χ4v) is 4.92. The number of nitrogens with zero attached hydrogens (tertiary/aromatic N) is 5. The van der Waals surface area contributed by atoms with Gasteiger partial charge < -0.3 is 15.6 Å². The van der Waals surface area contributed by atoms with Crippen LogP contribution in [0.3, 0.4) is 0 Å². The standard InChI is InChI=1S/C26H26N6O5S/c1-4-32(24(27)36)25-31-19-12-15(11-17(22(19)38-25)18-7-5-6-10-28-18)16-13-29-23(30-14-16)26(2,3)37-21(35)9-8-20(33)34/h5-7,10-14H,4,8-9H2,1-3H3,(H2,27,36)(H,33,34). The Morgan fingerprint density at radius 3 is 2.42 bits per heavy atom. The highest BCUT2D eigenvalue weighted by molar-refractivity contribution is 7.23. The molecule has 0 aliphatic heterocycles. The van der Waals surface area contributed by atoms with Gasteiger partial charge in [-0.1, -0.05) is 17.4 Å². The second kappa shape index (κ2) is 10.9. The van der Waals surface area contributed by atoms with Crippen molar-refractivity contribution in [2.45, 2.75) is 39.2 Å². The highest BCUT2D eigenvalue weighted by Gasteiger charge is 2.29. The summed E-state index contributed by atoms with van der Waals surface area (Å²) in [5, 5.41) is 9.27. The van der Waals surface area contributed by atoms with E-state index in [1.807, 2.05) is 37.3 Å². The largest absolute Gasteiger partial charge is 0.481 e. The molecule has 0 saturated heterocycles. The summed E-state index contributed by atoms with van der Waals surface area (Å²) in [7, 11) is 0. The molecule has 4 aromatic rings. The zero-order valence-corrected chi connectivity index (χ0v) is 21.9. The number of pyridine rings is 1. The molecular formula is C26H26N6O5S. The number of benzene rings is 1. The molecule has 3 N–H and O–H groups in total. The van der Waals surface area contributed by atoms with E-state index in [0.717, 1.165) is 21.5 Å². The Morgan fingerprint density at radius 2 is 1.82 bits per heavy atom. The Balaban J connectivity index is 1.71.